The summed E-state index contributed by atoms with van der Waals surface area (Å²) in [6, 6.07) is 9.70. The molecule has 0 saturated carbocycles. The third-order valence-corrected chi connectivity index (χ3v) is 4.13. The van der Waals surface area contributed by atoms with E-state index in [-0.39, 0.29) is 5.56 Å². The highest BCUT2D eigenvalue weighted by Crippen LogP contribution is 2.32. The molecule has 0 unspecified atom stereocenters. The van der Waals surface area contributed by atoms with Crippen molar-refractivity contribution in [1.29, 1.82) is 0 Å². The van der Waals surface area contributed by atoms with Gasteiger partial charge in [-0.25, -0.2) is 9.97 Å². The summed E-state index contributed by atoms with van der Waals surface area (Å²) in [6.45, 7) is 5.39. The number of pyridine rings is 1. The van der Waals surface area contributed by atoms with Crippen LogP contribution in [0.2, 0.25) is 0 Å². The van der Waals surface area contributed by atoms with Crippen LogP contribution in [-0.2, 0) is 6.54 Å². The van der Waals surface area contributed by atoms with Gasteiger partial charge in [-0.05, 0) is 26.0 Å². The second kappa shape index (κ2) is 5.33. The highest BCUT2D eigenvalue weighted by molar-refractivity contribution is 5.87. The predicted molar refractivity (Wildman–Crippen MR) is 92.4 cm³/mol. The normalized spacial score (nSPS) is 16.3. The second-order valence-electron chi connectivity index (χ2n) is 6.59. The van der Waals surface area contributed by atoms with E-state index in [4.69, 9.17) is 4.74 Å². The third-order valence-electron chi connectivity index (χ3n) is 4.13. The number of benzene rings is 1. The average molecular weight is 322 g/mol. The van der Waals surface area contributed by atoms with Gasteiger partial charge in [0.1, 0.15) is 16.9 Å². The van der Waals surface area contributed by atoms with Crippen LogP contribution in [0.5, 0.6) is 5.75 Å². The van der Waals surface area contributed by atoms with Crippen molar-refractivity contribution >= 4 is 16.7 Å². The Labute approximate surface area is 139 Å². The number of anilines is 1. The van der Waals surface area contributed by atoms with Gasteiger partial charge >= 0.3 is 0 Å². The monoisotopic (exact) mass is 322 g/mol. The summed E-state index contributed by atoms with van der Waals surface area (Å²) in [5.74, 6) is 1.59. The van der Waals surface area contributed by atoms with Gasteiger partial charge in [0.25, 0.3) is 5.56 Å². The summed E-state index contributed by atoms with van der Waals surface area (Å²) in [7, 11) is 0. The fraction of sp³-hybridized carbons (Fsp3) is 0.278. The van der Waals surface area contributed by atoms with Crippen LogP contribution in [-0.4, -0.2) is 27.1 Å². The summed E-state index contributed by atoms with van der Waals surface area (Å²) >= 11 is 0. The molecule has 6 nitrogen and oxygen atoms in total. The molecule has 3 aromatic rings. The van der Waals surface area contributed by atoms with Gasteiger partial charge in [-0.15, -0.1) is 0 Å². The molecule has 0 spiro atoms. The number of hydrogen-bond donors (Lipinski definition) is 1. The molecule has 0 saturated heterocycles. The highest BCUT2D eigenvalue weighted by atomic mass is 16.5. The van der Waals surface area contributed by atoms with Gasteiger partial charge in [-0.3, -0.25) is 4.79 Å². The predicted octanol–water partition coefficient (Wildman–Crippen LogP) is 2.50. The highest BCUT2D eigenvalue weighted by Gasteiger charge is 2.30. The molecule has 3 heterocycles. The molecule has 4 rings (SSSR count). The molecule has 0 aliphatic carbocycles. The number of fused-ring (bicyclic) bond motifs is 2. The summed E-state index contributed by atoms with van der Waals surface area (Å²) in [6.07, 6.45) is 3.07. The van der Waals surface area contributed by atoms with Crippen molar-refractivity contribution in [2.75, 3.05) is 11.4 Å². The number of nitrogens with zero attached hydrogens (tertiary/aromatic N) is 3. The molecule has 0 fully saturated rings. The van der Waals surface area contributed by atoms with E-state index in [0.29, 0.717) is 29.8 Å². The van der Waals surface area contributed by atoms with Crippen LogP contribution < -0.4 is 15.2 Å². The number of ether oxygens (including phenoxy) is 1. The van der Waals surface area contributed by atoms with E-state index < -0.39 is 5.60 Å². The molecule has 0 atom stereocenters. The van der Waals surface area contributed by atoms with E-state index in [1.807, 2.05) is 32.0 Å². The number of para-hydroxylation sites is 1. The lowest BCUT2D eigenvalue weighted by Gasteiger charge is -2.30. The second-order valence-corrected chi connectivity index (χ2v) is 6.59. The first-order valence-electron chi connectivity index (χ1n) is 7.88. The first-order valence-corrected chi connectivity index (χ1v) is 7.88. The zero-order valence-electron chi connectivity index (χ0n) is 13.6. The molecule has 1 N–H and O–H groups in total. The van der Waals surface area contributed by atoms with Crippen LogP contribution in [0.1, 0.15) is 19.4 Å². The maximum atomic E-state index is 12.0. The Kier molecular flexibility index (Phi) is 3.26. The molecule has 0 radical (unpaired) electrons. The Balaban J connectivity index is 1.88. The quantitative estimate of drug-likeness (QED) is 0.745. The van der Waals surface area contributed by atoms with E-state index >= 15 is 0 Å². The van der Waals surface area contributed by atoms with Gasteiger partial charge < -0.3 is 14.6 Å². The largest absolute Gasteiger partial charge is 0.486 e. The van der Waals surface area contributed by atoms with Crippen molar-refractivity contribution in [3.05, 3.63) is 58.8 Å². The summed E-state index contributed by atoms with van der Waals surface area (Å²) in [4.78, 5) is 25.6. The van der Waals surface area contributed by atoms with Crippen molar-refractivity contribution < 1.29 is 4.74 Å². The zero-order valence-corrected chi connectivity index (χ0v) is 13.6. The molecule has 1 aromatic carbocycles. The summed E-state index contributed by atoms with van der Waals surface area (Å²) < 4.78 is 6.17. The Morgan fingerprint density at radius 1 is 1.21 bits per heavy atom. The number of rotatable bonds is 1. The van der Waals surface area contributed by atoms with Gasteiger partial charge in [-0.2, -0.15) is 0 Å². The molecule has 2 aromatic heterocycles. The van der Waals surface area contributed by atoms with Gasteiger partial charge in [0.15, 0.2) is 5.82 Å². The number of aromatic nitrogens is 3. The number of nitrogens with one attached hydrogen (secondary N) is 1. The molecular weight excluding hydrogens is 304 g/mol. The van der Waals surface area contributed by atoms with Gasteiger partial charge in [-0.1, -0.05) is 18.2 Å². The van der Waals surface area contributed by atoms with Crippen LogP contribution in [0.4, 0.5) is 5.82 Å². The fourth-order valence-corrected chi connectivity index (χ4v) is 3.15. The van der Waals surface area contributed by atoms with Crippen LogP contribution >= 0.6 is 0 Å². The molecule has 122 valence electrons. The minimum absolute atomic E-state index is 0.158. The number of aromatic amines is 1. The first kappa shape index (κ1) is 14.7. The summed E-state index contributed by atoms with van der Waals surface area (Å²) in [5.41, 5.74) is 1.15. The average Bonchev–Trinajstić information content (AvgIpc) is 2.69. The van der Waals surface area contributed by atoms with Crippen LogP contribution in [0.3, 0.4) is 0 Å². The molecule has 0 bridgehead atoms. The van der Waals surface area contributed by atoms with Crippen molar-refractivity contribution in [3.8, 4) is 5.75 Å². The van der Waals surface area contributed by atoms with Gasteiger partial charge in [0, 0.05) is 18.3 Å². The number of H-pyrrole nitrogens is 1. The standard InChI is InChI=1S/C18H18N4O2/c1-18(2)10-22(9-12-5-3-4-6-14(12)24-18)16-15-13(7-8-19-16)17(23)21-11-20-15/h3-8,11H,9-10H2,1-2H3,(H,20,21,23). The molecular formula is C18H18N4O2. The Morgan fingerprint density at radius 2 is 2.04 bits per heavy atom. The lowest BCUT2D eigenvalue weighted by atomic mass is 10.1. The Hall–Kier alpha value is -2.89. The van der Waals surface area contributed by atoms with Gasteiger partial charge in [0.2, 0.25) is 0 Å². The Bertz CT molecular complexity index is 964. The van der Waals surface area contributed by atoms with E-state index in [1.165, 1.54) is 6.33 Å². The van der Waals surface area contributed by atoms with Crippen LogP contribution in [0, 0.1) is 0 Å². The first-order chi connectivity index (χ1) is 11.5. The molecule has 1 aliphatic rings. The van der Waals surface area contributed by atoms with Crippen LogP contribution in [0.15, 0.2) is 47.7 Å². The molecule has 1 aliphatic heterocycles. The SMILES string of the molecule is CC1(C)CN(c2nccc3c(=O)[nH]cnc23)Cc2ccccc2O1. The lowest BCUT2D eigenvalue weighted by molar-refractivity contribution is 0.121. The van der Waals surface area contributed by atoms with E-state index in [1.54, 1.807) is 12.3 Å². The van der Waals surface area contributed by atoms with Crippen molar-refractivity contribution in [2.24, 2.45) is 0 Å². The zero-order chi connectivity index (χ0) is 16.7. The summed E-state index contributed by atoms with van der Waals surface area (Å²) in [5, 5.41) is 0.541. The molecule has 0 amide bonds. The Morgan fingerprint density at radius 3 is 2.92 bits per heavy atom. The van der Waals surface area contributed by atoms with E-state index in [2.05, 4.69) is 25.9 Å². The van der Waals surface area contributed by atoms with E-state index in [9.17, 15) is 4.79 Å². The lowest BCUT2D eigenvalue weighted by Crippen LogP contribution is -2.41. The smallest absolute Gasteiger partial charge is 0.258 e. The molecule has 24 heavy (non-hydrogen) atoms. The maximum absolute atomic E-state index is 12.0. The third kappa shape index (κ3) is 2.50. The number of hydrogen-bond acceptors (Lipinski definition) is 5. The van der Waals surface area contributed by atoms with E-state index in [0.717, 1.165) is 11.3 Å². The fourth-order valence-electron chi connectivity index (χ4n) is 3.15. The topological polar surface area (TPSA) is 71.1 Å². The minimum atomic E-state index is -0.391. The maximum Gasteiger partial charge on any atom is 0.258 e. The molecule has 6 heteroatoms. The van der Waals surface area contributed by atoms with Crippen molar-refractivity contribution in [1.82, 2.24) is 15.0 Å². The minimum Gasteiger partial charge on any atom is -0.486 e. The van der Waals surface area contributed by atoms with Crippen LogP contribution in [0.25, 0.3) is 10.9 Å². The van der Waals surface area contributed by atoms with Gasteiger partial charge in [0.05, 0.1) is 18.3 Å². The van der Waals surface area contributed by atoms with Crippen molar-refractivity contribution in [2.45, 2.75) is 26.0 Å². The van der Waals surface area contributed by atoms with Crippen molar-refractivity contribution in [3.63, 3.8) is 0 Å².